The predicted octanol–water partition coefficient (Wildman–Crippen LogP) is 3.43. The maximum absolute atomic E-state index is 14.1. The first-order chi connectivity index (χ1) is 17.5. The van der Waals surface area contributed by atoms with E-state index in [1.54, 1.807) is 30.3 Å². The Bertz CT molecular complexity index is 1290. The summed E-state index contributed by atoms with van der Waals surface area (Å²) in [5.74, 6) is -1.57. The molecule has 36 heavy (non-hydrogen) atoms. The van der Waals surface area contributed by atoms with Crippen molar-refractivity contribution in [3.8, 4) is 5.69 Å². The Kier molecular flexibility index (Phi) is 7.46. The van der Waals surface area contributed by atoms with E-state index in [1.165, 1.54) is 55.1 Å². The van der Waals surface area contributed by atoms with E-state index in [0.717, 1.165) is 39.3 Å². The Labute approximate surface area is 210 Å². The van der Waals surface area contributed by atoms with Crippen molar-refractivity contribution >= 4 is 16.7 Å². The van der Waals surface area contributed by atoms with E-state index in [4.69, 9.17) is 0 Å². The van der Waals surface area contributed by atoms with Gasteiger partial charge in [0.1, 0.15) is 5.82 Å². The smallest absolute Gasteiger partial charge is 0.338 e. The monoisotopic (exact) mass is 492 g/mol. The molecule has 1 aromatic heterocycles. The summed E-state index contributed by atoms with van der Waals surface area (Å²) in [6.45, 7) is 8.17. The maximum Gasteiger partial charge on any atom is 0.338 e. The second-order valence-corrected chi connectivity index (χ2v) is 9.81. The van der Waals surface area contributed by atoms with E-state index in [-0.39, 0.29) is 11.1 Å². The van der Waals surface area contributed by atoms with Gasteiger partial charge in [-0.1, -0.05) is 30.7 Å². The molecule has 3 aromatic rings. The number of carboxylic acid groups (broad SMARTS) is 1. The van der Waals surface area contributed by atoms with E-state index < -0.39 is 11.8 Å². The topological polar surface area (TPSA) is 69.0 Å². The Morgan fingerprint density at radius 1 is 0.806 bits per heavy atom. The van der Waals surface area contributed by atoms with Crippen molar-refractivity contribution in [1.29, 1.82) is 0 Å². The lowest BCUT2D eigenvalue weighted by Gasteiger charge is -2.37. The second-order valence-electron chi connectivity index (χ2n) is 9.81. The van der Waals surface area contributed by atoms with Crippen LogP contribution in [0.25, 0.3) is 16.5 Å². The van der Waals surface area contributed by atoms with Crippen LogP contribution in [0.15, 0.2) is 53.3 Å². The Morgan fingerprint density at radius 2 is 1.44 bits per heavy atom. The van der Waals surface area contributed by atoms with Crippen molar-refractivity contribution < 1.29 is 14.3 Å². The summed E-state index contributed by atoms with van der Waals surface area (Å²) >= 11 is 0. The molecule has 5 rings (SSSR count). The number of benzene rings is 2. The lowest BCUT2D eigenvalue weighted by Crippen LogP contribution is -2.49. The van der Waals surface area contributed by atoms with Crippen LogP contribution in [0.1, 0.15) is 35.3 Å². The van der Waals surface area contributed by atoms with Gasteiger partial charge in [-0.15, -0.1) is 0 Å². The number of aromatic nitrogens is 1. The first-order valence-electron chi connectivity index (χ1n) is 12.8. The standard InChI is InChI=1S/C28H33FN4O3/c29-21-7-6-8-22(19-21)33-25(26(28(35)36)23-9-2-3-10-24(23)27(33)34)20-32-17-15-31(16-18-32)14-13-30-11-4-1-5-12-30/h2-3,6-10,19H,1,4-5,11-18,20H2,(H,35,36). The number of rotatable bonds is 7. The normalized spacial score (nSPS) is 18.0. The Morgan fingerprint density at radius 3 is 2.11 bits per heavy atom. The molecule has 2 saturated heterocycles. The minimum atomic E-state index is -1.09. The Balaban J connectivity index is 1.42. The number of hydrogen-bond acceptors (Lipinski definition) is 5. The zero-order chi connectivity index (χ0) is 25.1. The number of carboxylic acids is 1. The van der Waals surface area contributed by atoms with Crippen molar-refractivity contribution in [3.05, 3.63) is 76.0 Å². The largest absolute Gasteiger partial charge is 0.478 e. The summed E-state index contributed by atoms with van der Waals surface area (Å²) in [7, 11) is 0. The van der Waals surface area contributed by atoms with Gasteiger partial charge >= 0.3 is 5.97 Å². The van der Waals surface area contributed by atoms with Crippen LogP contribution in [0.3, 0.4) is 0 Å². The molecular formula is C28H33FN4O3. The average Bonchev–Trinajstić information content (AvgIpc) is 2.89. The molecule has 2 aliphatic heterocycles. The van der Waals surface area contributed by atoms with Crippen LogP contribution in [0, 0.1) is 5.82 Å². The van der Waals surface area contributed by atoms with Gasteiger partial charge in [-0.3, -0.25) is 19.2 Å². The molecule has 0 aliphatic carbocycles. The molecule has 2 aromatic carbocycles. The molecule has 0 unspecified atom stereocenters. The van der Waals surface area contributed by atoms with Crippen molar-refractivity contribution in [2.45, 2.75) is 25.8 Å². The lowest BCUT2D eigenvalue weighted by atomic mass is 10.0. The highest BCUT2D eigenvalue weighted by Crippen LogP contribution is 2.25. The van der Waals surface area contributed by atoms with Gasteiger partial charge in [-0.05, 0) is 50.2 Å². The van der Waals surface area contributed by atoms with Gasteiger partial charge in [-0.25, -0.2) is 9.18 Å². The number of nitrogens with zero attached hydrogens (tertiary/aromatic N) is 4. The third-order valence-electron chi connectivity index (χ3n) is 7.49. The summed E-state index contributed by atoms with van der Waals surface area (Å²) in [6, 6.07) is 12.5. The molecule has 0 radical (unpaired) electrons. The third kappa shape index (κ3) is 5.21. The lowest BCUT2D eigenvalue weighted by molar-refractivity contribution is 0.0693. The highest BCUT2D eigenvalue weighted by molar-refractivity contribution is 6.04. The van der Waals surface area contributed by atoms with Gasteiger partial charge in [0, 0.05) is 56.6 Å². The summed E-state index contributed by atoms with van der Waals surface area (Å²) in [6.07, 6.45) is 3.92. The zero-order valence-electron chi connectivity index (χ0n) is 20.5. The van der Waals surface area contributed by atoms with Crippen LogP contribution in [0.4, 0.5) is 4.39 Å². The number of halogens is 1. The molecule has 0 atom stereocenters. The number of piperazine rings is 1. The van der Waals surface area contributed by atoms with E-state index in [2.05, 4.69) is 14.7 Å². The fraction of sp³-hybridized carbons (Fsp3) is 0.429. The quantitative estimate of drug-likeness (QED) is 0.545. The van der Waals surface area contributed by atoms with Crippen molar-refractivity contribution in [2.75, 3.05) is 52.4 Å². The number of carbonyl (C=O) groups is 1. The number of hydrogen-bond donors (Lipinski definition) is 1. The molecule has 7 nitrogen and oxygen atoms in total. The molecule has 0 bridgehead atoms. The number of piperidine rings is 1. The van der Waals surface area contributed by atoms with E-state index in [0.29, 0.717) is 28.7 Å². The van der Waals surface area contributed by atoms with Gasteiger partial charge in [0.15, 0.2) is 0 Å². The minimum absolute atomic E-state index is 0.0991. The molecule has 0 amide bonds. The van der Waals surface area contributed by atoms with Gasteiger partial charge in [0.05, 0.1) is 16.9 Å². The first-order valence-corrected chi connectivity index (χ1v) is 12.8. The van der Waals surface area contributed by atoms with Crippen LogP contribution >= 0.6 is 0 Å². The predicted molar refractivity (Wildman–Crippen MR) is 138 cm³/mol. The molecule has 190 valence electrons. The molecule has 3 heterocycles. The van der Waals surface area contributed by atoms with E-state index in [9.17, 15) is 19.1 Å². The number of fused-ring (bicyclic) bond motifs is 1. The van der Waals surface area contributed by atoms with Crippen LogP contribution < -0.4 is 5.56 Å². The summed E-state index contributed by atoms with van der Waals surface area (Å²) in [5.41, 5.74) is 0.486. The molecule has 0 saturated carbocycles. The average molecular weight is 493 g/mol. The van der Waals surface area contributed by atoms with Crippen molar-refractivity contribution in [3.63, 3.8) is 0 Å². The fourth-order valence-corrected chi connectivity index (χ4v) is 5.52. The molecule has 2 aliphatic rings. The molecule has 8 heteroatoms. The molecule has 2 fully saturated rings. The first kappa shape index (κ1) is 24.6. The molecule has 1 N–H and O–H groups in total. The fourth-order valence-electron chi connectivity index (χ4n) is 5.52. The van der Waals surface area contributed by atoms with Crippen LogP contribution in [-0.4, -0.2) is 82.7 Å². The third-order valence-corrected chi connectivity index (χ3v) is 7.49. The van der Waals surface area contributed by atoms with Gasteiger partial charge < -0.3 is 10.0 Å². The van der Waals surface area contributed by atoms with Crippen LogP contribution in [0.5, 0.6) is 0 Å². The Hall–Kier alpha value is -3.07. The summed E-state index contributed by atoms with van der Waals surface area (Å²) in [4.78, 5) is 33.3. The summed E-state index contributed by atoms with van der Waals surface area (Å²) in [5, 5.41) is 11.0. The highest BCUT2D eigenvalue weighted by Gasteiger charge is 2.26. The molecule has 0 spiro atoms. The number of aromatic carboxylic acids is 1. The van der Waals surface area contributed by atoms with E-state index >= 15 is 0 Å². The van der Waals surface area contributed by atoms with Crippen LogP contribution in [-0.2, 0) is 6.54 Å². The number of likely N-dealkylation sites (tertiary alicyclic amines) is 1. The minimum Gasteiger partial charge on any atom is -0.478 e. The number of pyridine rings is 1. The van der Waals surface area contributed by atoms with Crippen molar-refractivity contribution in [2.24, 2.45) is 0 Å². The van der Waals surface area contributed by atoms with Crippen molar-refractivity contribution in [1.82, 2.24) is 19.3 Å². The van der Waals surface area contributed by atoms with E-state index in [1.807, 2.05) is 0 Å². The molecular weight excluding hydrogens is 459 g/mol. The zero-order valence-corrected chi connectivity index (χ0v) is 20.5. The SMILES string of the molecule is O=C(O)c1c(CN2CCN(CCN3CCCCC3)CC2)n(-c2cccc(F)c2)c(=O)c2ccccc12. The summed E-state index contributed by atoms with van der Waals surface area (Å²) < 4.78 is 15.5. The highest BCUT2D eigenvalue weighted by atomic mass is 19.1. The van der Waals surface area contributed by atoms with Crippen LogP contribution in [0.2, 0.25) is 0 Å². The van der Waals surface area contributed by atoms with Gasteiger partial charge in [0.25, 0.3) is 5.56 Å². The second kappa shape index (κ2) is 10.9. The van der Waals surface area contributed by atoms with Gasteiger partial charge in [0.2, 0.25) is 0 Å². The van der Waals surface area contributed by atoms with Gasteiger partial charge in [-0.2, -0.15) is 0 Å². The maximum atomic E-state index is 14.1.